The van der Waals surface area contributed by atoms with Gasteiger partial charge in [0.25, 0.3) is 5.69 Å². The lowest BCUT2D eigenvalue weighted by molar-refractivity contribution is -0.383. The number of hydrogen-bond acceptors (Lipinski definition) is 4. The second-order valence-corrected chi connectivity index (χ2v) is 5.63. The largest absolute Gasteiger partial charge is 0.293 e. The number of nitro benzene ring substituents is 1. The lowest BCUT2D eigenvalue weighted by atomic mass is 10.3. The van der Waals surface area contributed by atoms with Gasteiger partial charge >= 0.3 is 0 Å². The Balaban J connectivity index is 3.10. The zero-order chi connectivity index (χ0) is 11.5. The van der Waals surface area contributed by atoms with E-state index in [2.05, 4.69) is 20.7 Å². The number of alkyl halides is 1. The molecule has 0 heterocycles. The van der Waals surface area contributed by atoms with Gasteiger partial charge in [0.05, 0.1) is 4.92 Å². The first-order valence-corrected chi connectivity index (χ1v) is 6.53. The quantitative estimate of drug-likeness (QED) is 0.520. The number of halogens is 1. The highest BCUT2D eigenvalue weighted by molar-refractivity contribution is 9.10. The molecule has 1 aromatic rings. The predicted octanol–water partition coefficient (Wildman–Crippen LogP) is 1.69. The van der Waals surface area contributed by atoms with E-state index >= 15 is 0 Å². The van der Waals surface area contributed by atoms with Crippen molar-refractivity contribution >= 4 is 37.3 Å². The first-order chi connectivity index (χ1) is 6.96. The molecule has 0 unspecified atom stereocenters. The molecule has 0 aliphatic carbocycles. The van der Waals surface area contributed by atoms with Crippen LogP contribution in [0.15, 0.2) is 24.3 Å². The van der Waals surface area contributed by atoms with E-state index in [9.17, 15) is 18.5 Å². The molecular weight excluding hydrogens is 288 g/mol. The zero-order valence-electron chi connectivity index (χ0n) is 7.38. The molecule has 6 nitrogen and oxygen atoms in total. The summed E-state index contributed by atoms with van der Waals surface area (Å²) < 4.78 is 24.1. The topological polar surface area (TPSA) is 89.3 Å². The third-order valence-electron chi connectivity index (χ3n) is 1.51. The van der Waals surface area contributed by atoms with Gasteiger partial charge < -0.3 is 0 Å². The number of anilines is 1. The summed E-state index contributed by atoms with van der Waals surface area (Å²) in [4.78, 5) is 9.91. The highest BCUT2D eigenvalue weighted by atomic mass is 79.9. The van der Waals surface area contributed by atoms with Crippen molar-refractivity contribution in [3.8, 4) is 0 Å². The standard InChI is InChI=1S/C7H7BrN2O4S/c8-5-15(13,14)9-6-3-1-2-4-7(6)10(11)12/h1-4,9H,5H2. The van der Waals surface area contributed by atoms with E-state index < -0.39 is 14.9 Å². The molecule has 1 N–H and O–H groups in total. The first kappa shape index (κ1) is 11.9. The van der Waals surface area contributed by atoms with E-state index in [0.29, 0.717) is 0 Å². The van der Waals surface area contributed by atoms with Crippen molar-refractivity contribution in [1.29, 1.82) is 0 Å². The molecule has 1 rings (SSSR count). The summed E-state index contributed by atoms with van der Waals surface area (Å²) in [6, 6.07) is 5.54. The fraction of sp³-hybridized carbons (Fsp3) is 0.143. The molecular formula is C7H7BrN2O4S. The van der Waals surface area contributed by atoms with Gasteiger partial charge in [0.1, 0.15) is 10.3 Å². The van der Waals surface area contributed by atoms with Crippen LogP contribution in [0.2, 0.25) is 0 Å². The molecule has 0 aliphatic rings. The van der Waals surface area contributed by atoms with Crippen LogP contribution in [0, 0.1) is 10.1 Å². The number of nitro groups is 1. The van der Waals surface area contributed by atoms with Crippen LogP contribution in [0.1, 0.15) is 0 Å². The van der Waals surface area contributed by atoms with Gasteiger partial charge in [-0.3, -0.25) is 14.8 Å². The summed E-state index contributed by atoms with van der Waals surface area (Å²) in [6.45, 7) is 0. The van der Waals surface area contributed by atoms with Gasteiger partial charge in [-0.15, -0.1) is 0 Å². The van der Waals surface area contributed by atoms with E-state index in [4.69, 9.17) is 0 Å². The number of nitrogens with zero attached hydrogens (tertiary/aromatic N) is 1. The molecule has 0 radical (unpaired) electrons. The molecule has 0 bridgehead atoms. The molecule has 0 saturated carbocycles. The van der Waals surface area contributed by atoms with Crippen LogP contribution in [0.5, 0.6) is 0 Å². The number of para-hydroxylation sites is 2. The van der Waals surface area contributed by atoms with E-state index in [1.165, 1.54) is 24.3 Å². The normalized spacial score (nSPS) is 11.0. The maximum absolute atomic E-state index is 11.2. The molecule has 1 aromatic carbocycles. The number of rotatable bonds is 4. The second-order valence-electron chi connectivity index (χ2n) is 2.60. The lowest BCUT2D eigenvalue weighted by Gasteiger charge is -2.05. The summed E-state index contributed by atoms with van der Waals surface area (Å²) in [7, 11) is -3.57. The molecule has 0 spiro atoms. The monoisotopic (exact) mass is 294 g/mol. The Hall–Kier alpha value is -1.15. The van der Waals surface area contributed by atoms with Crippen molar-refractivity contribution in [2.24, 2.45) is 0 Å². The van der Waals surface area contributed by atoms with Crippen LogP contribution in [0.4, 0.5) is 11.4 Å². The van der Waals surface area contributed by atoms with Crippen LogP contribution in [0.25, 0.3) is 0 Å². The maximum Gasteiger partial charge on any atom is 0.293 e. The molecule has 0 fully saturated rings. The first-order valence-electron chi connectivity index (χ1n) is 3.76. The van der Waals surface area contributed by atoms with Crippen molar-refractivity contribution in [2.75, 3.05) is 9.38 Å². The number of benzene rings is 1. The van der Waals surface area contributed by atoms with Gasteiger partial charge in [0.2, 0.25) is 10.0 Å². The van der Waals surface area contributed by atoms with Crippen LogP contribution in [-0.4, -0.2) is 18.0 Å². The van der Waals surface area contributed by atoms with Crippen molar-refractivity contribution in [3.63, 3.8) is 0 Å². The van der Waals surface area contributed by atoms with E-state index in [1.807, 2.05) is 0 Å². The van der Waals surface area contributed by atoms with Gasteiger partial charge in [0, 0.05) is 6.07 Å². The number of hydrogen-bond donors (Lipinski definition) is 1. The molecule has 82 valence electrons. The third kappa shape index (κ3) is 3.17. The Bertz CT molecular complexity index is 474. The lowest BCUT2D eigenvalue weighted by Crippen LogP contribution is -2.14. The number of nitrogens with one attached hydrogen (secondary N) is 1. The molecule has 0 aromatic heterocycles. The predicted molar refractivity (Wildman–Crippen MR) is 59.4 cm³/mol. The van der Waals surface area contributed by atoms with Crippen molar-refractivity contribution < 1.29 is 13.3 Å². The maximum atomic E-state index is 11.2. The smallest absolute Gasteiger partial charge is 0.276 e. The fourth-order valence-corrected chi connectivity index (χ4v) is 1.82. The Morgan fingerprint density at radius 3 is 2.53 bits per heavy atom. The SMILES string of the molecule is O=[N+]([O-])c1ccccc1NS(=O)(=O)CBr. The molecule has 0 atom stereocenters. The minimum Gasteiger partial charge on any atom is -0.276 e. The van der Waals surface area contributed by atoms with Crippen LogP contribution < -0.4 is 4.72 Å². The van der Waals surface area contributed by atoms with E-state index in [1.54, 1.807) is 0 Å². The number of sulfonamides is 1. The minimum atomic E-state index is -3.57. The summed E-state index contributed by atoms with van der Waals surface area (Å²) in [5, 5.41) is 10.6. The fourth-order valence-electron chi connectivity index (χ4n) is 0.914. The van der Waals surface area contributed by atoms with Crippen LogP contribution in [0.3, 0.4) is 0 Å². The summed E-state index contributed by atoms with van der Waals surface area (Å²) in [5.41, 5.74) is -0.316. The second kappa shape index (κ2) is 4.58. The van der Waals surface area contributed by atoms with Gasteiger partial charge in [-0.25, -0.2) is 8.42 Å². The zero-order valence-corrected chi connectivity index (χ0v) is 9.79. The van der Waals surface area contributed by atoms with Crippen LogP contribution in [-0.2, 0) is 10.0 Å². The van der Waals surface area contributed by atoms with Crippen molar-refractivity contribution in [2.45, 2.75) is 0 Å². The van der Waals surface area contributed by atoms with Gasteiger partial charge in [-0.2, -0.15) is 0 Å². The Labute approximate surface area is 94.6 Å². The Morgan fingerprint density at radius 2 is 2.00 bits per heavy atom. The Kier molecular flexibility index (Phi) is 3.64. The molecule has 15 heavy (non-hydrogen) atoms. The van der Waals surface area contributed by atoms with Crippen LogP contribution >= 0.6 is 15.9 Å². The average Bonchev–Trinajstić information content (AvgIpc) is 2.18. The summed E-state index contributed by atoms with van der Waals surface area (Å²) in [5.74, 6) is 0. The van der Waals surface area contributed by atoms with Crippen molar-refractivity contribution in [3.05, 3.63) is 34.4 Å². The average molecular weight is 295 g/mol. The summed E-state index contributed by atoms with van der Waals surface area (Å²) in [6.07, 6.45) is 0. The minimum absolute atomic E-state index is 0.0399. The molecule has 0 aliphatic heterocycles. The highest BCUT2D eigenvalue weighted by Gasteiger charge is 2.16. The molecule has 0 amide bonds. The van der Waals surface area contributed by atoms with E-state index in [0.717, 1.165) is 0 Å². The van der Waals surface area contributed by atoms with Gasteiger partial charge in [0.15, 0.2) is 0 Å². The Morgan fingerprint density at radius 1 is 1.40 bits per heavy atom. The van der Waals surface area contributed by atoms with Crippen molar-refractivity contribution in [1.82, 2.24) is 0 Å². The summed E-state index contributed by atoms with van der Waals surface area (Å²) >= 11 is 2.77. The van der Waals surface area contributed by atoms with Gasteiger partial charge in [-0.05, 0) is 6.07 Å². The molecule has 8 heteroatoms. The van der Waals surface area contributed by atoms with E-state index in [-0.39, 0.29) is 16.0 Å². The highest BCUT2D eigenvalue weighted by Crippen LogP contribution is 2.24. The molecule has 0 saturated heterocycles. The third-order valence-corrected chi connectivity index (χ3v) is 4.14. The van der Waals surface area contributed by atoms with Gasteiger partial charge in [-0.1, -0.05) is 28.1 Å².